The molecule has 0 aliphatic carbocycles. The molecule has 0 fully saturated rings. The number of halogens is 2. The Labute approximate surface area is 116 Å². The fourth-order valence-electron chi connectivity index (χ4n) is 1.57. The van der Waals surface area contributed by atoms with Crippen molar-refractivity contribution in [2.24, 2.45) is 5.73 Å². The van der Waals surface area contributed by atoms with E-state index in [2.05, 4.69) is 0 Å². The third-order valence-electron chi connectivity index (χ3n) is 2.38. The molecule has 108 valence electrons. The van der Waals surface area contributed by atoms with Crippen molar-refractivity contribution in [3.63, 3.8) is 0 Å². The van der Waals surface area contributed by atoms with E-state index in [-0.39, 0.29) is 12.0 Å². The summed E-state index contributed by atoms with van der Waals surface area (Å²) in [4.78, 5) is 11.7. The first kappa shape index (κ1) is 16.1. The Hall–Kier alpha value is -2.00. The smallest absolute Gasteiger partial charge is 0.323 e. The van der Waals surface area contributed by atoms with Crippen LogP contribution in [0.5, 0.6) is 0 Å². The lowest BCUT2D eigenvalue weighted by atomic mass is 10.0. The van der Waals surface area contributed by atoms with Crippen molar-refractivity contribution < 1.29 is 18.3 Å². The summed E-state index contributed by atoms with van der Waals surface area (Å²) in [6, 6.07) is 2.38. The van der Waals surface area contributed by atoms with Gasteiger partial charge in [0.25, 0.3) is 0 Å². The van der Waals surface area contributed by atoms with Gasteiger partial charge in [-0.3, -0.25) is 4.79 Å². The summed E-state index contributed by atoms with van der Waals surface area (Å²) < 4.78 is 31.9. The number of rotatable bonds is 3. The van der Waals surface area contributed by atoms with E-state index in [1.807, 2.05) is 0 Å². The number of nitrogens with two attached hydrogens (primary N) is 1. The molecule has 6 heteroatoms. The molecule has 0 aliphatic heterocycles. The second-order valence-corrected chi connectivity index (χ2v) is 5.39. The Kier molecular flexibility index (Phi) is 4.79. The van der Waals surface area contributed by atoms with Crippen molar-refractivity contribution >= 4 is 5.97 Å². The first-order valence-electron chi connectivity index (χ1n) is 6.00. The highest BCUT2D eigenvalue weighted by molar-refractivity contribution is 5.76. The second-order valence-electron chi connectivity index (χ2n) is 5.39. The Morgan fingerprint density at radius 2 is 1.90 bits per heavy atom. The topological polar surface area (TPSA) is 76.1 Å². The standard InChI is InChI=1S/C14H16F2N2O2/c1-14(2,3)20-13(19)12(18)6-8-4-10(15)9(7-17)11(16)5-8/h4-5,12H,6,18H2,1-3H3. The molecule has 0 heterocycles. The van der Waals surface area contributed by atoms with Crippen molar-refractivity contribution in [1.82, 2.24) is 0 Å². The van der Waals surface area contributed by atoms with E-state index in [0.717, 1.165) is 12.1 Å². The predicted octanol–water partition coefficient (Wildman–Crippen LogP) is 2.05. The SMILES string of the molecule is CC(C)(C)OC(=O)C(N)Cc1cc(F)c(C#N)c(F)c1. The molecule has 0 aliphatic rings. The van der Waals surface area contributed by atoms with Crippen LogP contribution in [0.25, 0.3) is 0 Å². The molecule has 1 aromatic carbocycles. The van der Waals surface area contributed by atoms with Crippen LogP contribution < -0.4 is 5.73 Å². The van der Waals surface area contributed by atoms with E-state index >= 15 is 0 Å². The molecule has 0 spiro atoms. The molecule has 0 bridgehead atoms. The molecular formula is C14H16F2N2O2. The van der Waals surface area contributed by atoms with Gasteiger partial charge in [-0.25, -0.2) is 8.78 Å². The fraction of sp³-hybridized carbons (Fsp3) is 0.429. The molecule has 2 N–H and O–H groups in total. The van der Waals surface area contributed by atoms with Crippen LogP contribution in [0, 0.1) is 23.0 Å². The number of hydrogen-bond acceptors (Lipinski definition) is 4. The van der Waals surface area contributed by atoms with Crippen LogP contribution >= 0.6 is 0 Å². The monoisotopic (exact) mass is 282 g/mol. The predicted molar refractivity (Wildman–Crippen MR) is 68.6 cm³/mol. The van der Waals surface area contributed by atoms with Gasteiger partial charge in [0.2, 0.25) is 0 Å². The summed E-state index contributed by atoms with van der Waals surface area (Å²) in [6.45, 7) is 5.08. The number of hydrogen-bond donors (Lipinski definition) is 1. The van der Waals surface area contributed by atoms with Crippen LogP contribution in [0.2, 0.25) is 0 Å². The lowest BCUT2D eigenvalue weighted by Gasteiger charge is -2.22. The summed E-state index contributed by atoms with van der Waals surface area (Å²) in [7, 11) is 0. The van der Waals surface area contributed by atoms with E-state index in [4.69, 9.17) is 15.7 Å². The molecule has 0 radical (unpaired) electrons. The van der Waals surface area contributed by atoms with Crippen LogP contribution in [-0.2, 0) is 16.0 Å². The van der Waals surface area contributed by atoms with Gasteiger partial charge in [0.1, 0.15) is 34.9 Å². The molecule has 0 saturated heterocycles. The van der Waals surface area contributed by atoms with Crippen LogP contribution in [-0.4, -0.2) is 17.6 Å². The van der Waals surface area contributed by atoms with Crippen molar-refractivity contribution in [1.29, 1.82) is 5.26 Å². The summed E-state index contributed by atoms with van der Waals surface area (Å²) in [6.07, 6.45) is -0.0749. The Morgan fingerprint density at radius 3 is 2.30 bits per heavy atom. The fourth-order valence-corrected chi connectivity index (χ4v) is 1.57. The molecule has 4 nitrogen and oxygen atoms in total. The highest BCUT2D eigenvalue weighted by Crippen LogP contribution is 2.16. The van der Waals surface area contributed by atoms with Gasteiger partial charge < -0.3 is 10.5 Å². The zero-order valence-corrected chi connectivity index (χ0v) is 11.5. The van der Waals surface area contributed by atoms with Crippen molar-refractivity contribution in [3.8, 4) is 6.07 Å². The van der Waals surface area contributed by atoms with E-state index < -0.39 is 34.8 Å². The number of carbonyl (C=O) groups is 1. The molecular weight excluding hydrogens is 266 g/mol. The maximum atomic E-state index is 13.4. The highest BCUT2D eigenvalue weighted by atomic mass is 19.1. The largest absolute Gasteiger partial charge is 0.459 e. The van der Waals surface area contributed by atoms with Gasteiger partial charge in [0.15, 0.2) is 0 Å². The lowest BCUT2D eigenvalue weighted by molar-refractivity contribution is -0.156. The normalized spacial score (nSPS) is 12.7. The van der Waals surface area contributed by atoms with Gasteiger partial charge in [-0.15, -0.1) is 0 Å². The third-order valence-corrected chi connectivity index (χ3v) is 2.38. The second kappa shape index (κ2) is 5.97. The summed E-state index contributed by atoms with van der Waals surface area (Å²) in [5, 5.41) is 8.56. The van der Waals surface area contributed by atoms with Gasteiger partial charge in [-0.05, 0) is 44.9 Å². The average molecular weight is 282 g/mol. The summed E-state index contributed by atoms with van der Waals surface area (Å²) in [5.41, 5.74) is 4.50. The molecule has 1 aromatic rings. The molecule has 20 heavy (non-hydrogen) atoms. The minimum atomic E-state index is -1.03. The quantitative estimate of drug-likeness (QED) is 0.861. The van der Waals surface area contributed by atoms with Gasteiger partial charge in [-0.1, -0.05) is 0 Å². The summed E-state index contributed by atoms with van der Waals surface area (Å²) >= 11 is 0. The van der Waals surface area contributed by atoms with Crippen LogP contribution in [0.1, 0.15) is 31.9 Å². The van der Waals surface area contributed by atoms with E-state index in [1.165, 1.54) is 6.07 Å². The Balaban J connectivity index is 2.84. The van der Waals surface area contributed by atoms with Crippen molar-refractivity contribution in [2.75, 3.05) is 0 Å². The van der Waals surface area contributed by atoms with Gasteiger partial charge in [0, 0.05) is 0 Å². The molecule has 0 aromatic heterocycles. The van der Waals surface area contributed by atoms with Crippen molar-refractivity contribution in [3.05, 3.63) is 34.9 Å². The van der Waals surface area contributed by atoms with Gasteiger partial charge in [-0.2, -0.15) is 5.26 Å². The van der Waals surface area contributed by atoms with Crippen LogP contribution in [0.4, 0.5) is 8.78 Å². The van der Waals surface area contributed by atoms with Crippen LogP contribution in [0.3, 0.4) is 0 Å². The molecule has 1 atom stereocenters. The van der Waals surface area contributed by atoms with Gasteiger partial charge >= 0.3 is 5.97 Å². The number of nitriles is 1. The van der Waals surface area contributed by atoms with E-state index in [0.29, 0.717) is 0 Å². The number of esters is 1. The van der Waals surface area contributed by atoms with E-state index in [1.54, 1.807) is 20.8 Å². The minimum Gasteiger partial charge on any atom is -0.459 e. The third kappa shape index (κ3) is 4.28. The average Bonchev–Trinajstić information content (AvgIpc) is 2.26. The summed E-state index contributed by atoms with van der Waals surface area (Å²) in [5.74, 6) is -2.60. The first-order valence-corrected chi connectivity index (χ1v) is 6.00. The maximum Gasteiger partial charge on any atom is 0.323 e. The molecule has 1 rings (SSSR count). The van der Waals surface area contributed by atoms with Gasteiger partial charge in [0.05, 0.1) is 0 Å². The molecule has 0 saturated carbocycles. The maximum absolute atomic E-state index is 13.4. The number of benzene rings is 1. The van der Waals surface area contributed by atoms with Crippen molar-refractivity contribution in [2.45, 2.75) is 38.8 Å². The zero-order valence-electron chi connectivity index (χ0n) is 11.5. The Bertz CT molecular complexity index is 536. The highest BCUT2D eigenvalue weighted by Gasteiger charge is 2.23. The number of ether oxygens (including phenoxy) is 1. The molecule has 1 unspecified atom stereocenters. The number of carbonyl (C=O) groups excluding carboxylic acids is 1. The first-order chi connectivity index (χ1) is 9.14. The lowest BCUT2D eigenvalue weighted by Crippen LogP contribution is -2.38. The van der Waals surface area contributed by atoms with Crippen LogP contribution in [0.15, 0.2) is 12.1 Å². The van der Waals surface area contributed by atoms with E-state index in [9.17, 15) is 13.6 Å². The molecule has 0 amide bonds. The zero-order chi connectivity index (χ0) is 15.5. The number of nitrogens with zero attached hydrogens (tertiary/aromatic N) is 1. The minimum absolute atomic E-state index is 0.0749. The Morgan fingerprint density at radius 1 is 1.40 bits per heavy atom.